The number of fused-ring (bicyclic) bond motifs is 1. The lowest BCUT2D eigenvalue weighted by Crippen LogP contribution is -2.26. The molecule has 0 amide bonds. The lowest BCUT2D eigenvalue weighted by molar-refractivity contribution is 0.102. The minimum Gasteiger partial charge on any atom is -0.312 e. The van der Waals surface area contributed by atoms with Gasteiger partial charge in [-0.3, -0.25) is 4.79 Å². The molecule has 0 unspecified atom stereocenters. The van der Waals surface area contributed by atoms with Gasteiger partial charge in [0.15, 0.2) is 5.78 Å². The Hall–Kier alpha value is -2.07. The Balaban J connectivity index is 2.14. The first kappa shape index (κ1) is 13.9. The van der Waals surface area contributed by atoms with Crippen LogP contribution in [0.15, 0.2) is 30.3 Å². The highest BCUT2D eigenvalue weighted by atomic mass is 19.1. The van der Waals surface area contributed by atoms with E-state index in [0.29, 0.717) is 18.5 Å². The zero-order chi connectivity index (χ0) is 15.0. The van der Waals surface area contributed by atoms with E-state index in [-0.39, 0.29) is 5.56 Å². The molecule has 0 saturated carbocycles. The smallest absolute Gasteiger partial charge is 0.199 e. The van der Waals surface area contributed by atoms with Crippen molar-refractivity contribution in [2.75, 3.05) is 6.54 Å². The molecule has 0 radical (unpaired) electrons. The van der Waals surface area contributed by atoms with Crippen molar-refractivity contribution >= 4 is 5.78 Å². The Kier molecular flexibility index (Phi) is 3.55. The lowest BCUT2D eigenvalue weighted by Gasteiger charge is -2.20. The average Bonchev–Trinajstić information content (AvgIpc) is 2.50. The predicted molar refractivity (Wildman–Crippen MR) is 76.4 cm³/mol. The predicted octanol–water partition coefficient (Wildman–Crippen LogP) is 3.15. The third kappa shape index (κ3) is 2.36. The first-order valence-corrected chi connectivity index (χ1v) is 6.90. The van der Waals surface area contributed by atoms with E-state index in [9.17, 15) is 13.6 Å². The molecule has 1 aliphatic rings. The highest BCUT2D eigenvalue weighted by Crippen LogP contribution is 2.25. The fourth-order valence-corrected chi connectivity index (χ4v) is 2.74. The van der Waals surface area contributed by atoms with E-state index in [0.717, 1.165) is 23.7 Å². The quantitative estimate of drug-likeness (QED) is 0.860. The Morgan fingerprint density at radius 1 is 1.19 bits per heavy atom. The van der Waals surface area contributed by atoms with Gasteiger partial charge in [0.1, 0.15) is 11.6 Å². The Labute approximate surface area is 121 Å². The first-order valence-electron chi connectivity index (χ1n) is 6.90. The van der Waals surface area contributed by atoms with Gasteiger partial charge in [-0.05, 0) is 42.6 Å². The van der Waals surface area contributed by atoms with E-state index in [2.05, 4.69) is 5.32 Å². The number of halogens is 2. The Morgan fingerprint density at radius 3 is 2.81 bits per heavy atom. The maximum atomic E-state index is 14.2. The maximum Gasteiger partial charge on any atom is 0.199 e. The number of ketones is 1. The number of hydrogen-bond donors (Lipinski definition) is 1. The van der Waals surface area contributed by atoms with Crippen LogP contribution in [0.1, 0.15) is 32.6 Å². The minimum atomic E-state index is -0.811. The van der Waals surface area contributed by atoms with Crippen LogP contribution in [-0.4, -0.2) is 12.3 Å². The molecule has 3 rings (SSSR count). The SMILES string of the molecule is Cc1ccc(F)c(C(=O)c2cccc3c2CCNC3)c1F. The summed E-state index contributed by atoms with van der Waals surface area (Å²) < 4.78 is 28.1. The zero-order valence-electron chi connectivity index (χ0n) is 11.7. The summed E-state index contributed by atoms with van der Waals surface area (Å²) in [6, 6.07) is 7.81. The van der Waals surface area contributed by atoms with Crippen molar-refractivity contribution in [1.29, 1.82) is 0 Å². The van der Waals surface area contributed by atoms with Gasteiger partial charge < -0.3 is 5.32 Å². The van der Waals surface area contributed by atoms with Gasteiger partial charge in [-0.1, -0.05) is 24.3 Å². The van der Waals surface area contributed by atoms with Gasteiger partial charge in [0.25, 0.3) is 0 Å². The van der Waals surface area contributed by atoms with Crippen LogP contribution in [0.5, 0.6) is 0 Å². The van der Waals surface area contributed by atoms with Crippen LogP contribution in [0.3, 0.4) is 0 Å². The van der Waals surface area contributed by atoms with Crippen LogP contribution < -0.4 is 5.32 Å². The molecule has 1 aliphatic heterocycles. The van der Waals surface area contributed by atoms with E-state index in [1.807, 2.05) is 6.07 Å². The summed E-state index contributed by atoms with van der Waals surface area (Å²) in [7, 11) is 0. The Bertz CT molecular complexity index is 725. The van der Waals surface area contributed by atoms with Crippen LogP contribution in [0, 0.1) is 18.6 Å². The number of carbonyl (C=O) groups is 1. The van der Waals surface area contributed by atoms with Crippen molar-refractivity contribution in [2.24, 2.45) is 0 Å². The van der Waals surface area contributed by atoms with Crippen molar-refractivity contribution in [1.82, 2.24) is 5.32 Å². The summed E-state index contributed by atoms with van der Waals surface area (Å²) >= 11 is 0. The molecule has 0 aliphatic carbocycles. The van der Waals surface area contributed by atoms with Gasteiger partial charge in [-0.2, -0.15) is 0 Å². The number of benzene rings is 2. The van der Waals surface area contributed by atoms with Crippen molar-refractivity contribution in [3.63, 3.8) is 0 Å². The molecule has 0 bridgehead atoms. The van der Waals surface area contributed by atoms with E-state index in [4.69, 9.17) is 0 Å². The number of aryl methyl sites for hydroxylation is 1. The van der Waals surface area contributed by atoms with E-state index in [1.54, 1.807) is 12.1 Å². The fraction of sp³-hybridized carbons (Fsp3) is 0.235. The van der Waals surface area contributed by atoms with Crippen LogP contribution in [0.4, 0.5) is 8.78 Å². The molecule has 1 N–H and O–H groups in total. The summed E-state index contributed by atoms with van der Waals surface area (Å²) in [5.74, 6) is -2.16. The summed E-state index contributed by atoms with van der Waals surface area (Å²) in [6.45, 7) is 2.96. The molecule has 2 aromatic rings. The zero-order valence-corrected chi connectivity index (χ0v) is 11.7. The largest absolute Gasteiger partial charge is 0.312 e. The Morgan fingerprint density at radius 2 is 2.00 bits per heavy atom. The van der Waals surface area contributed by atoms with Gasteiger partial charge in [0.2, 0.25) is 0 Å². The van der Waals surface area contributed by atoms with Crippen LogP contribution in [-0.2, 0) is 13.0 Å². The highest BCUT2D eigenvalue weighted by Gasteiger charge is 2.24. The summed E-state index contributed by atoms with van der Waals surface area (Å²) in [6.07, 6.45) is 0.687. The molecule has 1 heterocycles. The second-order valence-corrected chi connectivity index (χ2v) is 5.25. The van der Waals surface area contributed by atoms with Crippen molar-refractivity contribution in [3.05, 3.63) is 69.8 Å². The van der Waals surface area contributed by atoms with Crippen LogP contribution >= 0.6 is 0 Å². The average molecular weight is 287 g/mol. The molecular formula is C17H15F2NO. The van der Waals surface area contributed by atoms with Gasteiger partial charge in [-0.15, -0.1) is 0 Å². The number of nitrogens with one attached hydrogen (secondary N) is 1. The first-order chi connectivity index (χ1) is 10.1. The second kappa shape index (κ2) is 5.37. The number of carbonyl (C=O) groups excluding carboxylic acids is 1. The lowest BCUT2D eigenvalue weighted by atomic mass is 9.90. The fourth-order valence-electron chi connectivity index (χ4n) is 2.74. The molecule has 2 aromatic carbocycles. The van der Waals surface area contributed by atoms with Crippen molar-refractivity contribution in [3.8, 4) is 0 Å². The number of hydrogen-bond acceptors (Lipinski definition) is 2. The summed E-state index contributed by atoms with van der Waals surface area (Å²) in [5.41, 5.74) is 2.12. The van der Waals surface area contributed by atoms with Crippen molar-refractivity contribution in [2.45, 2.75) is 19.9 Å². The van der Waals surface area contributed by atoms with E-state index in [1.165, 1.54) is 13.0 Å². The minimum absolute atomic E-state index is 0.270. The van der Waals surface area contributed by atoms with Gasteiger partial charge in [-0.25, -0.2) is 8.78 Å². The van der Waals surface area contributed by atoms with Gasteiger partial charge in [0, 0.05) is 12.1 Å². The van der Waals surface area contributed by atoms with Gasteiger partial charge >= 0.3 is 0 Å². The standard InChI is InChI=1S/C17H15F2NO/c1-10-5-6-14(18)15(16(10)19)17(21)13-4-2-3-11-9-20-8-7-12(11)13/h2-6,20H,7-9H2,1H3. The molecule has 0 fully saturated rings. The summed E-state index contributed by atoms with van der Waals surface area (Å²) in [5, 5.41) is 3.22. The maximum absolute atomic E-state index is 14.2. The molecule has 0 atom stereocenters. The normalized spacial score (nSPS) is 13.9. The van der Waals surface area contributed by atoms with E-state index < -0.39 is 23.0 Å². The molecule has 21 heavy (non-hydrogen) atoms. The molecule has 0 aromatic heterocycles. The molecule has 108 valence electrons. The van der Waals surface area contributed by atoms with Gasteiger partial charge in [0.05, 0.1) is 5.56 Å². The highest BCUT2D eigenvalue weighted by molar-refractivity contribution is 6.10. The van der Waals surface area contributed by atoms with Crippen LogP contribution in [0.25, 0.3) is 0 Å². The molecule has 2 nitrogen and oxygen atoms in total. The third-order valence-electron chi connectivity index (χ3n) is 3.90. The van der Waals surface area contributed by atoms with E-state index >= 15 is 0 Å². The topological polar surface area (TPSA) is 29.1 Å². The number of rotatable bonds is 2. The van der Waals surface area contributed by atoms with Crippen molar-refractivity contribution < 1.29 is 13.6 Å². The molecule has 0 spiro atoms. The molecule has 4 heteroatoms. The second-order valence-electron chi connectivity index (χ2n) is 5.25. The third-order valence-corrected chi connectivity index (χ3v) is 3.90. The van der Waals surface area contributed by atoms with Crippen LogP contribution in [0.2, 0.25) is 0 Å². The molecular weight excluding hydrogens is 272 g/mol. The summed E-state index contributed by atoms with van der Waals surface area (Å²) in [4.78, 5) is 12.6. The molecule has 0 saturated heterocycles. The monoisotopic (exact) mass is 287 g/mol.